The van der Waals surface area contributed by atoms with E-state index in [9.17, 15) is 5.11 Å². The molecule has 0 radical (unpaired) electrons. The van der Waals surface area contributed by atoms with Crippen molar-refractivity contribution in [2.75, 3.05) is 37.6 Å². The zero-order valence-corrected chi connectivity index (χ0v) is 23.0. The molecule has 9 heteroatoms. The molecule has 2 saturated heterocycles. The number of aromatic hydroxyl groups is 1. The maximum absolute atomic E-state index is 10.4. The molecule has 1 saturated carbocycles. The largest absolute Gasteiger partial charge is 0.507 e. The molecule has 0 bridgehead atoms. The van der Waals surface area contributed by atoms with E-state index in [1.807, 2.05) is 36.7 Å². The van der Waals surface area contributed by atoms with Crippen LogP contribution in [0.25, 0.3) is 22.3 Å². The standard InChI is InChI=1S/C31H36N8O/c1-19-29-23-12-25(22-4-2-3-5-27(22)40)36-37-30(23)35-24(29)8-11-39(19)28-16-33-26(15-34-28)20-6-9-38(10-7-20)21-13-31(14-21)17-32-18-31/h2-5,12,15-16,19-21,32,40H,6-11,13-14,17-18H2,1H3,(H,35,37)/t19-/m1/s1. The third-order valence-electron chi connectivity index (χ3n) is 10.1. The van der Waals surface area contributed by atoms with E-state index in [0.717, 1.165) is 41.6 Å². The number of aromatic nitrogens is 5. The summed E-state index contributed by atoms with van der Waals surface area (Å²) in [5, 5.41) is 23.7. The second-order valence-electron chi connectivity index (χ2n) is 12.4. The lowest BCUT2D eigenvalue weighted by atomic mass is 9.61. The molecule has 4 aliphatic rings. The second-order valence-corrected chi connectivity index (χ2v) is 12.4. The molecule has 206 valence electrons. The number of phenols is 1. The summed E-state index contributed by atoms with van der Waals surface area (Å²) in [4.78, 5) is 18.4. The quantitative estimate of drug-likeness (QED) is 0.357. The van der Waals surface area contributed by atoms with E-state index < -0.39 is 0 Å². The number of nitrogens with zero attached hydrogens (tertiary/aromatic N) is 6. The van der Waals surface area contributed by atoms with Gasteiger partial charge in [0.25, 0.3) is 0 Å². The Balaban J connectivity index is 0.980. The number of phenolic OH excluding ortho intramolecular Hbond substituents is 1. The van der Waals surface area contributed by atoms with Gasteiger partial charge in [-0.15, -0.1) is 10.2 Å². The van der Waals surface area contributed by atoms with Crippen molar-refractivity contribution in [3.8, 4) is 17.0 Å². The van der Waals surface area contributed by atoms with Crippen molar-refractivity contribution >= 4 is 16.9 Å². The Hall–Kier alpha value is -3.56. The van der Waals surface area contributed by atoms with Gasteiger partial charge in [0.15, 0.2) is 5.65 Å². The number of nitrogens with one attached hydrogen (secondary N) is 2. The summed E-state index contributed by atoms with van der Waals surface area (Å²) >= 11 is 0. The Labute approximate surface area is 234 Å². The van der Waals surface area contributed by atoms with Crippen LogP contribution in [0, 0.1) is 5.41 Å². The maximum Gasteiger partial charge on any atom is 0.160 e. The van der Waals surface area contributed by atoms with Gasteiger partial charge in [-0.2, -0.15) is 0 Å². The summed E-state index contributed by atoms with van der Waals surface area (Å²) in [6.45, 7) is 7.91. The molecule has 0 amide bonds. The number of anilines is 1. The summed E-state index contributed by atoms with van der Waals surface area (Å²) in [7, 11) is 0. The summed E-state index contributed by atoms with van der Waals surface area (Å²) in [6.07, 6.45) is 9.99. The number of benzene rings is 1. The molecule has 9 nitrogen and oxygen atoms in total. The molecule has 40 heavy (non-hydrogen) atoms. The van der Waals surface area contributed by atoms with Gasteiger partial charge in [0, 0.05) is 60.2 Å². The van der Waals surface area contributed by atoms with Gasteiger partial charge < -0.3 is 25.2 Å². The predicted molar refractivity (Wildman–Crippen MR) is 154 cm³/mol. The fourth-order valence-electron chi connectivity index (χ4n) is 7.67. The topological polar surface area (TPSA) is 106 Å². The fourth-order valence-corrected chi connectivity index (χ4v) is 7.67. The zero-order valence-electron chi connectivity index (χ0n) is 23.0. The normalized spacial score (nSPS) is 23.2. The molecular formula is C31H36N8O. The molecule has 1 aliphatic carbocycles. The van der Waals surface area contributed by atoms with E-state index in [0.29, 0.717) is 22.6 Å². The van der Waals surface area contributed by atoms with Gasteiger partial charge in [0.2, 0.25) is 0 Å². The van der Waals surface area contributed by atoms with E-state index in [-0.39, 0.29) is 11.8 Å². The highest BCUT2D eigenvalue weighted by Gasteiger charge is 2.50. The first-order valence-corrected chi connectivity index (χ1v) is 14.8. The van der Waals surface area contributed by atoms with Crippen molar-refractivity contribution in [2.45, 2.75) is 57.0 Å². The van der Waals surface area contributed by atoms with Crippen molar-refractivity contribution in [1.29, 1.82) is 0 Å². The minimum atomic E-state index is 0.110. The first-order chi connectivity index (χ1) is 19.6. The van der Waals surface area contributed by atoms with Crippen LogP contribution < -0.4 is 10.2 Å². The van der Waals surface area contributed by atoms with Gasteiger partial charge >= 0.3 is 0 Å². The SMILES string of the molecule is C[C@@H]1c2c([nH]c3nnc(-c4ccccc4O)cc23)CCN1c1cnc(C2CCN(C3CC4(CNC4)C3)CC2)cn1. The van der Waals surface area contributed by atoms with Crippen LogP contribution in [0.1, 0.15) is 61.5 Å². The third-order valence-corrected chi connectivity index (χ3v) is 10.1. The van der Waals surface area contributed by atoms with Gasteiger partial charge in [0.1, 0.15) is 11.6 Å². The van der Waals surface area contributed by atoms with Crippen LogP contribution in [0.3, 0.4) is 0 Å². The molecule has 1 atom stereocenters. The highest BCUT2D eigenvalue weighted by molar-refractivity contribution is 5.86. The molecule has 3 N–H and O–H groups in total. The zero-order chi connectivity index (χ0) is 26.8. The lowest BCUT2D eigenvalue weighted by molar-refractivity contribution is -0.0433. The van der Waals surface area contributed by atoms with Crippen LogP contribution >= 0.6 is 0 Å². The lowest BCUT2D eigenvalue weighted by Gasteiger charge is -2.58. The number of likely N-dealkylation sites (tertiary alicyclic amines) is 1. The Morgan fingerprint density at radius 2 is 1.82 bits per heavy atom. The Morgan fingerprint density at radius 1 is 1.00 bits per heavy atom. The number of H-pyrrole nitrogens is 1. The highest BCUT2D eigenvalue weighted by Crippen LogP contribution is 2.47. The summed E-state index contributed by atoms with van der Waals surface area (Å²) in [6, 6.07) is 10.2. The molecule has 1 aromatic carbocycles. The number of hydrogen-bond donors (Lipinski definition) is 3. The summed E-state index contributed by atoms with van der Waals surface area (Å²) in [5.41, 5.74) is 6.34. The molecule has 4 aromatic rings. The van der Waals surface area contributed by atoms with Crippen LogP contribution in [0.2, 0.25) is 0 Å². The molecule has 0 unspecified atom stereocenters. The Morgan fingerprint density at radius 3 is 2.55 bits per heavy atom. The fraction of sp³-hybridized carbons (Fsp3) is 0.484. The van der Waals surface area contributed by atoms with Crippen molar-refractivity contribution in [3.05, 3.63) is 59.7 Å². The Kier molecular flexibility index (Phi) is 5.60. The third kappa shape index (κ3) is 3.89. The first-order valence-electron chi connectivity index (χ1n) is 14.8. The smallest absolute Gasteiger partial charge is 0.160 e. The maximum atomic E-state index is 10.4. The monoisotopic (exact) mass is 536 g/mol. The van der Waals surface area contributed by atoms with Crippen LogP contribution in [0.5, 0.6) is 5.75 Å². The van der Waals surface area contributed by atoms with Gasteiger partial charge in [0.05, 0.1) is 29.8 Å². The van der Waals surface area contributed by atoms with Crippen molar-refractivity contribution in [2.24, 2.45) is 5.41 Å². The minimum Gasteiger partial charge on any atom is -0.507 e. The number of hydrogen-bond acceptors (Lipinski definition) is 8. The number of para-hydroxylation sites is 1. The molecule has 3 fully saturated rings. The van der Waals surface area contributed by atoms with Crippen molar-refractivity contribution in [3.63, 3.8) is 0 Å². The van der Waals surface area contributed by atoms with Gasteiger partial charge in [-0.25, -0.2) is 4.98 Å². The molecule has 6 heterocycles. The number of piperidine rings is 1. The molecular weight excluding hydrogens is 500 g/mol. The average molecular weight is 537 g/mol. The first kappa shape index (κ1) is 24.3. The van der Waals surface area contributed by atoms with Crippen molar-refractivity contribution in [1.82, 2.24) is 35.4 Å². The minimum absolute atomic E-state index is 0.110. The van der Waals surface area contributed by atoms with Gasteiger partial charge in [-0.05, 0) is 69.3 Å². The summed E-state index contributed by atoms with van der Waals surface area (Å²) in [5.74, 6) is 1.63. The van der Waals surface area contributed by atoms with Crippen LogP contribution in [0.15, 0.2) is 42.7 Å². The molecule has 1 spiro atoms. The predicted octanol–water partition coefficient (Wildman–Crippen LogP) is 4.18. The lowest BCUT2D eigenvalue weighted by Crippen LogP contribution is -2.65. The van der Waals surface area contributed by atoms with Gasteiger partial charge in [-0.3, -0.25) is 4.98 Å². The van der Waals surface area contributed by atoms with Crippen LogP contribution in [-0.4, -0.2) is 73.9 Å². The second kappa shape index (κ2) is 9.24. The van der Waals surface area contributed by atoms with Crippen LogP contribution in [0.4, 0.5) is 5.82 Å². The van der Waals surface area contributed by atoms with E-state index >= 15 is 0 Å². The van der Waals surface area contributed by atoms with Crippen LogP contribution in [-0.2, 0) is 6.42 Å². The van der Waals surface area contributed by atoms with E-state index in [4.69, 9.17) is 9.97 Å². The van der Waals surface area contributed by atoms with E-state index in [2.05, 4.69) is 37.2 Å². The van der Waals surface area contributed by atoms with Crippen molar-refractivity contribution < 1.29 is 5.11 Å². The average Bonchev–Trinajstić information content (AvgIpc) is 3.31. The Bertz CT molecular complexity index is 1550. The summed E-state index contributed by atoms with van der Waals surface area (Å²) < 4.78 is 0. The van der Waals surface area contributed by atoms with E-state index in [1.54, 1.807) is 6.07 Å². The van der Waals surface area contributed by atoms with Gasteiger partial charge in [-0.1, -0.05) is 12.1 Å². The number of rotatable bonds is 4. The number of aromatic amines is 1. The molecule has 3 aromatic heterocycles. The molecule has 8 rings (SSSR count). The number of fused-ring (bicyclic) bond motifs is 3. The molecule has 3 aliphatic heterocycles. The van der Waals surface area contributed by atoms with E-state index in [1.165, 1.54) is 63.1 Å². The highest BCUT2D eigenvalue weighted by atomic mass is 16.3.